The van der Waals surface area contributed by atoms with Crippen LogP contribution in [0.4, 0.5) is 0 Å². The van der Waals surface area contributed by atoms with E-state index >= 15 is 0 Å². The third-order valence-electron chi connectivity index (χ3n) is 3.77. The molecule has 2 unspecified atom stereocenters. The van der Waals surface area contributed by atoms with Crippen molar-refractivity contribution in [2.24, 2.45) is 11.7 Å². The maximum atomic E-state index is 11.5. The van der Waals surface area contributed by atoms with Gasteiger partial charge in [-0.3, -0.25) is 0 Å². The highest BCUT2D eigenvalue weighted by Crippen LogP contribution is 2.23. The van der Waals surface area contributed by atoms with E-state index in [2.05, 4.69) is 6.92 Å². The second kappa shape index (κ2) is 7.46. The fourth-order valence-corrected chi connectivity index (χ4v) is 3.67. The highest BCUT2D eigenvalue weighted by atomic mass is 32.2. The van der Waals surface area contributed by atoms with Crippen LogP contribution in [0.5, 0.6) is 0 Å². The molecular formula is C13H28N2O2S. The lowest BCUT2D eigenvalue weighted by Crippen LogP contribution is -2.41. The van der Waals surface area contributed by atoms with Crippen molar-refractivity contribution in [3.63, 3.8) is 0 Å². The first-order valence-corrected chi connectivity index (χ1v) is 8.99. The molecule has 1 aliphatic rings. The highest BCUT2D eigenvalue weighted by molar-refractivity contribution is 7.88. The van der Waals surface area contributed by atoms with Gasteiger partial charge in [-0.1, -0.05) is 26.2 Å². The van der Waals surface area contributed by atoms with Gasteiger partial charge in [-0.25, -0.2) is 12.7 Å². The van der Waals surface area contributed by atoms with Gasteiger partial charge in [0, 0.05) is 19.1 Å². The summed E-state index contributed by atoms with van der Waals surface area (Å²) in [5.41, 5.74) is 6.13. The minimum Gasteiger partial charge on any atom is -0.328 e. The van der Waals surface area contributed by atoms with Crippen molar-refractivity contribution in [1.29, 1.82) is 0 Å². The Kier molecular flexibility index (Phi) is 6.60. The van der Waals surface area contributed by atoms with Gasteiger partial charge in [0.25, 0.3) is 0 Å². The summed E-state index contributed by atoms with van der Waals surface area (Å²) in [7, 11) is -3.02. The van der Waals surface area contributed by atoms with Crippen molar-refractivity contribution in [2.75, 3.05) is 19.3 Å². The van der Waals surface area contributed by atoms with Gasteiger partial charge in [0.05, 0.1) is 6.26 Å². The maximum Gasteiger partial charge on any atom is 0.211 e. The van der Waals surface area contributed by atoms with Crippen molar-refractivity contribution in [1.82, 2.24) is 4.31 Å². The second-order valence-electron chi connectivity index (χ2n) is 5.62. The van der Waals surface area contributed by atoms with Crippen LogP contribution in [-0.4, -0.2) is 38.1 Å². The van der Waals surface area contributed by atoms with Crippen LogP contribution in [-0.2, 0) is 10.0 Å². The minimum absolute atomic E-state index is 0.237. The van der Waals surface area contributed by atoms with E-state index in [1.54, 1.807) is 4.31 Å². The smallest absolute Gasteiger partial charge is 0.211 e. The number of sulfonamides is 1. The zero-order chi connectivity index (χ0) is 13.6. The zero-order valence-corrected chi connectivity index (χ0v) is 12.6. The summed E-state index contributed by atoms with van der Waals surface area (Å²) in [6.07, 6.45) is 9.09. The fraction of sp³-hybridized carbons (Fsp3) is 1.00. The number of nitrogens with two attached hydrogens (primary N) is 1. The topological polar surface area (TPSA) is 63.4 Å². The minimum atomic E-state index is -3.02. The molecule has 5 heteroatoms. The second-order valence-corrected chi connectivity index (χ2v) is 7.60. The number of unbranched alkanes of at least 4 members (excludes halogenated alkanes) is 2. The molecule has 4 nitrogen and oxygen atoms in total. The summed E-state index contributed by atoms with van der Waals surface area (Å²) < 4.78 is 24.7. The van der Waals surface area contributed by atoms with Crippen LogP contribution in [0, 0.1) is 5.92 Å². The molecule has 1 fully saturated rings. The average molecular weight is 276 g/mol. The Hall–Kier alpha value is -0.130. The van der Waals surface area contributed by atoms with E-state index in [4.69, 9.17) is 5.73 Å². The van der Waals surface area contributed by atoms with Crippen molar-refractivity contribution in [3.05, 3.63) is 0 Å². The largest absolute Gasteiger partial charge is 0.328 e. The van der Waals surface area contributed by atoms with Gasteiger partial charge in [-0.05, 0) is 31.6 Å². The molecule has 108 valence electrons. The Balaban J connectivity index is 2.33. The lowest BCUT2D eigenvalue weighted by molar-refractivity contribution is 0.243. The van der Waals surface area contributed by atoms with Crippen LogP contribution in [0.1, 0.15) is 51.9 Å². The van der Waals surface area contributed by atoms with Gasteiger partial charge < -0.3 is 5.73 Å². The molecule has 1 saturated heterocycles. The number of hydrogen-bond donors (Lipinski definition) is 1. The van der Waals surface area contributed by atoms with Crippen LogP contribution in [0.3, 0.4) is 0 Å². The lowest BCUT2D eigenvalue weighted by Gasteiger charge is -2.32. The molecule has 0 saturated carbocycles. The first-order chi connectivity index (χ1) is 8.43. The van der Waals surface area contributed by atoms with Crippen molar-refractivity contribution >= 4 is 10.0 Å². The molecule has 0 aromatic carbocycles. The van der Waals surface area contributed by atoms with Gasteiger partial charge >= 0.3 is 0 Å². The number of piperidine rings is 1. The summed E-state index contributed by atoms with van der Waals surface area (Å²) in [4.78, 5) is 0. The normalized spacial score (nSPS) is 24.1. The monoisotopic (exact) mass is 276 g/mol. The zero-order valence-electron chi connectivity index (χ0n) is 11.8. The SMILES string of the molecule is CCCCCC(N)CC1CCCN(S(C)(=O)=O)C1. The molecular weight excluding hydrogens is 248 g/mol. The van der Waals surface area contributed by atoms with Gasteiger partial charge in [-0.2, -0.15) is 0 Å². The standard InChI is InChI=1S/C13H28N2O2S/c1-3-4-5-8-13(14)10-12-7-6-9-15(11-12)18(2,16)17/h12-13H,3-11,14H2,1-2H3. The fourth-order valence-electron chi connectivity index (χ4n) is 2.72. The van der Waals surface area contributed by atoms with E-state index in [0.717, 1.165) is 25.7 Å². The summed E-state index contributed by atoms with van der Waals surface area (Å²) in [6, 6.07) is 0.237. The van der Waals surface area contributed by atoms with E-state index < -0.39 is 10.0 Å². The molecule has 0 aliphatic carbocycles. The van der Waals surface area contributed by atoms with Crippen LogP contribution in [0.25, 0.3) is 0 Å². The maximum absolute atomic E-state index is 11.5. The third kappa shape index (κ3) is 5.67. The first kappa shape index (κ1) is 15.9. The summed E-state index contributed by atoms with van der Waals surface area (Å²) >= 11 is 0. The summed E-state index contributed by atoms with van der Waals surface area (Å²) in [5, 5.41) is 0. The predicted molar refractivity (Wildman–Crippen MR) is 75.9 cm³/mol. The summed E-state index contributed by atoms with van der Waals surface area (Å²) in [5.74, 6) is 0.449. The van der Waals surface area contributed by atoms with Crippen molar-refractivity contribution < 1.29 is 8.42 Å². The molecule has 1 heterocycles. The van der Waals surface area contributed by atoms with Crippen LogP contribution in [0.15, 0.2) is 0 Å². The Morgan fingerprint density at radius 1 is 1.39 bits per heavy atom. The van der Waals surface area contributed by atoms with Gasteiger partial charge in [0.1, 0.15) is 0 Å². The number of nitrogens with zero attached hydrogens (tertiary/aromatic N) is 1. The number of hydrogen-bond acceptors (Lipinski definition) is 3. The van der Waals surface area contributed by atoms with E-state index in [1.165, 1.54) is 25.5 Å². The van der Waals surface area contributed by atoms with E-state index in [-0.39, 0.29) is 6.04 Å². The molecule has 0 spiro atoms. The molecule has 0 aromatic rings. The third-order valence-corrected chi connectivity index (χ3v) is 5.03. The first-order valence-electron chi connectivity index (χ1n) is 7.14. The molecule has 0 aromatic heterocycles. The quantitative estimate of drug-likeness (QED) is 0.723. The molecule has 2 atom stereocenters. The van der Waals surface area contributed by atoms with Gasteiger partial charge in [0.2, 0.25) is 10.0 Å². The average Bonchev–Trinajstić information content (AvgIpc) is 2.28. The number of rotatable bonds is 7. The molecule has 2 N–H and O–H groups in total. The van der Waals surface area contributed by atoms with Gasteiger partial charge in [-0.15, -0.1) is 0 Å². The molecule has 0 radical (unpaired) electrons. The molecule has 18 heavy (non-hydrogen) atoms. The van der Waals surface area contributed by atoms with E-state index in [9.17, 15) is 8.42 Å². The van der Waals surface area contributed by atoms with Crippen LogP contribution >= 0.6 is 0 Å². The Morgan fingerprint density at radius 2 is 2.11 bits per heavy atom. The highest BCUT2D eigenvalue weighted by Gasteiger charge is 2.26. The van der Waals surface area contributed by atoms with E-state index in [1.807, 2.05) is 0 Å². The summed E-state index contributed by atoms with van der Waals surface area (Å²) in [6.45, 7) is 3.54. The van der Waals surface area contributed by atoms with E-state index in [0.29, 0.717) is 19.0 Å². The van der Waals surface area contributed by atoms with Gasteiger partial charge in [0.15, 0.2) is 0 Å². The lowest BCUT2D eigenvalue weighted by atomic mass is 9.91. The van der Waals surface area contributed by atoms with Crippen molar-refractivity contribution in [3.8, 4) is 0 Å². The Bertz CT molecular complexity index is 330. The molecule has 0 amide bonds. The Labute approximate surface area is 112 Å². The van der Waals surface area contributed by atoms with Crippen LogP contribution < -0.4 is 5.73 Å². The predicted octanol–water partition coefficient (Wildman–Crippen LogP) is 1.96. The molecule has 0 bridgehead atoms. The molecule has 1 aliphatic heterocycles. The van der Waals surface area contributed by atoms with Crippen molar-refractivity contribution in [2.45, 2.75) is 57.9 Å². The molecule has 1 rings (SSSR count). The van der Waals surface area contributed by atoms with Crippen LogP contribution in [0.2, 0.25) is 0 Å². The Morgan fingerprint density at radius 3 is 2.72 bits per heavy atom.